The van der Waals surface area contributed by atoms with Crippen molar-refractivity contribution < 1.29 is 4.79 Å². The van der Waals surface area contributed by atoms with Crippen LogP contribution in [-0.4, -0.2) is 15.6 Å². The lowest BCUT2D eigenvalue weighted by Gasteiger charge is -2.18. The summed E-state index contributed by atoms with van der Waals surface area (Å²) in [5.41, 5.74) is 5.91. The molecule has 0 aliphatic heterocycles. The van der Waals surface area contributed by atoms with Gasteiger partial charge < -0.3 is 5.32 Å². The fourth-order valence-corrected chi connectivity index (χ4v) is 3.58. The topological polar surface area (TPSA) is 46.9 Å². The summed E-state index contributed by atoms with van der Waals surface area (Å²) < 4.78 is 1.84. The van der Waals surface area contributed by atoms with Crippen LogP contribution >= 0.6 is 0 Å². The third-order valence-electron chi connectivity index (χ3n) is 4.73. The first-order chi connectivity index (χ1) is 12.2. The van der Waals surface area contributed by atoms with E-state index in [1.54, 1.807) is 0 Å². The number of carbonyl (C=O) groups is 1. The smallest absolute Gasteiger partial charge is 0.196 e. The summed E-state index contributed by atoms with van der Waals surface area (Å²) in [6, 6.07) is 21.6. The number of aromatic nitrogens is 2. The molecule has 1 aromatic heterocycles. The number of anilines is 2. The van der Waals surface area contributed by atoms with Crippen molar-refractivity contribution in [3.63, 3.8) is 0 Å². The van der Waals surface area contributed by atoms with Crippen molar-refractivity contribution in [1.82, 2.24) is 9.78 Å². The maximum absolute atomic E-state index is 13.2. The average molecular weight is 325 g/mol. The molecule has 0 radical (unpaired) electrons. The third kappa shape index (κ3) is 1.94. The van der Waals surface area contributed by atoms with E-state index in [-0.39, 0.29) is 5.78 Å². The van der Waals surface area contributed by atoms with E-state index in [0.717, 1.165) is 33.5 Å². The predicted octanol–water partition coefficient (Wildman–Crippen LogP) is 4.53. The first-order valence-electron chi connectivity index (χ1n) is 8.20. The number of hydrogen-bond donors (Lipinski definition) is 1. The molecule has 1 aliphatic rings. The van der Waals surface area contributed by atoms with Crippen molar-refractivity contribution in [3.8, 4) is 11.3 Å². The van der Waals surface area contributed by atoms with Gasteiger partial charge in [0.1, 0.15) is 5.69 Å². The maximum atomic E-state index is 13.2. The van der Waals surface area contributed by atoms with Gasteiger partial charge in [-0.3, -0.25) is 9.48 Å². The molecule has 0 saturated carbocycles. The fourth-order valence-electron chi connectivity index (χ4n) is 3.58. The van der Waals surface area contributed by atoms with Gasteiger partial charge in [-0.1, -0.05) is 42.5 Å². The second kappa shape index (κ2) is 5.05. The number of para-hydroxylation sites is 1. The summed E-state index contributed by atoms with van der Waals surface area (Å²) in [7, 11) is 1.92. The van der Waals surface area contributed by atoms with Gasteiger partial charge in [0.25, 0.3) is 0 Å². The zero-order valence-electron chi connectivity index (χ0n) is 13.7. The largest absolute Gasteiger partial charge is 0.355 e. The van der Waals surface area contributed by atoms with Crippen molar-refractivity contribution in [2.75, 3.05) is 5.32 Å². The molecule has 0 saturated heterocycles. The van der Waals surface area contributed by atoms with Crippen LogP contribution in [0.15, 0.2) is 66.7 Å². The highest BCUT2D eigenvalue weighted by molar-refractivity contribution is 6.27. The highest BCUT2D eigenvalue weighted by Gasteiger charge is 2.30. The van der Waals surface area contributed by atoms with Crippen LogP contribution in [0.4, 0.5) is 11.4 Å². The van der Waals surface area contributed by atoms with Crippen LogP contribution in [0.25, 0.3) is 22.2 Å². The molecular weight excluding hydrogens is 310 g/mol. The molecule has 3 aromatic carbocycles. The van der Waals surface area contributed by atoms with Gasteiger partial charge in [0.05, 0.1) is 16.8 Å². The monoisotopic (exact) mass is 325 g/mol. The molecular formula is C21H15N3O. The van der Waals surface area contributed by atoms with Crippen LogP contribution in [0.1, 0.15) is 15.9 Å². The van der Waals surface area contributed by atoms with Gasteiger partial charge in [0.15, 0.2) is 5.78 Å². The zero-order chi connectivity index (χ0) is 17.0. The summed E-state index contributed by atoms with van der Waals surface area (Å²) in [6.07, 6.45) is 0. The van der Waals surface area contributed by atoms with Crippen LogP contribution < -0.4 is 5.32 Å². The summed E-state index contributed by atoms with van der Waals surface area (Å²) in [5.74, 6) is 0.0418. The van der Waals surface area contributed by atoms with Gasteiger partial charge >= 0.3 is 0 Å². The number of hydrogen-bond acceptors (Lipinski definition) is 3. The van der Waals surface area contributed by atoms with Crippen molar-refractivity contribution in [2.45, 2.75) is 0 Å². The van der Waals surface area contributed by atoms with Gasteiger partial charge in [0, 0.05) is 29.2 Å². The first-order valence-corrected chi connectivity index (χ1v) is 8.20. The van der Waals surface area contributed by atoms with Crippen molar-refractivity contribution in [2.24, 2.45) is 7.05 Å². The van der Waals surface area contributed by atoms with E-state index in [0.29, 0.717) is 11.1 Å². The fraction of sp³-hybridized carbons (Fsp3) is 0.0476. The molecule has 0 unspecified atom stereocenters. The Morgan fingerprint density at radius 2 is 1.60 bits per heavy atom. The number of nitrogens with zero attached hydrogens (tertiary/aromatic N) is 2. The maximum Gasteiger partial charge on any atom is 0.196 e. The van der Waals surface area contributed by atoms with Crippen LogP contribution in [0.3, 0.4) is 0 Å². The Hall–Kier alpha value is -3.40. The molecule has 0 spiro atoms. The summed E-state index contributed by atoms with van der Waals surface area (Å²) >= 11 is 0. The highest BCUT2D eigenvalue weighted by atomic mass is 16.1. The molecule has 120 valence electrons. The molecule has 4 nitrogen and oxygen atoms in total. The summed E-state index contributed by atoms with van der Waals surface area (Å²) in [4.78, 5) is 13.2. The Kier molecular flexibility index (Phi) is 2.82. The Bertz CT molecular complexity index is 1140. The zero-order valence-corrected chi connectivity index (χ0v) is 13.7. The number of benzene rings is 3. The SMILES string of the molecule is Cn1nc2c3c(c(Nc4ccccc4)ccc31)C(=O)c1ccccc1-2. The molecule has 1 N–H and O–H groups in total. The Morgan fingerprint density at radius 3 is 2.40 bits per heavy atom. The van der Waals surface area contributed by atoms with E-state index in [1.165, 1.54) is 0 Å². The molecule has 0 bridgehead atoms. The number of carbonyl (C=O) groups excluding carboxylic acids is 1. The van der Waals surface area contributed by atoms with E-state index in [2.05, 4.69) is 10.4 Å². The van der Waals surface area contributed by atoms with E-state index in [1.807, 2.05) is 78.5 Å². The number of nitrogens with one attached hydrogen (secondary N) is 1. The highest BCUT2D eigenvalue weighted by Crippen LogP contribution is 2.42. The Labute approximate surface area is 144 Å². The molecule has 0 amide bonds. The number of fused-ring (bicyclic) bond motifs is 2. The second-order valence-corrected chi connectivity index (χ2v) is 6.22. The molecule has 25 heavy (non-hydrogen) atoms. The quantitative estimate of drug-likeness (QED) is 0.519. The number of ketones is 1. The second-order valence-electron chi connectivity index (χ2n) is 6.22. The van der Waals surface area contributed by atoms with E-state index < -0.39 is 0 Å². The third-order valence-corrected chi connectivity index (χ3v) is 4.73. The van der Waals surface area contributed by atoms with Gasteiger partial charge in [0.2, 0.25) is 0 Å². The van der Waals surface area contributed by atoms with E-state index in [4.69, 9.17) is 0 Å². The molecule has 1 aliphatic carbocycles. The molecule has 0 atom stereocenters. The van der Waals surface area contributed by atoms with E-state index >= 15 is 0 Å². The van der Waals surface area contributed by atoms with Crippen LogP contribution in [0, 0.1) is 0 Å². The standard InChI is InChI=1S/C21H15N3O/c1-24-17-12-11-16(22-13-7-3-2-4-8-13)18-19(17)20(23-24)14-9-5-6-10-15(14)21(18)25/h2-12,22H,1H3. The minimum absolute atomic E-state index is 0.0418. The lowest BCUT2D eigenvalue weighted by Crippen LogP contribution is -2.11. The van der Waals surface area contributed by atoms with Crippen molar-refractivity contribution in [1.29, 1.82) is 0 Å². The summed E-state index contributed by atoms with van der Waals surface area (Å²) in [5, 5.41) is 8.99. The van der Waals surface area contributed by atoms with Gasteiger partial charge in [-0.2, -0.15) is 5.10 Å². The number of rotatable bonds is 2. The predicted molar refractivity (Wildman–Crippen MR) is 99.3 cm³/mol. The van der Waals surface area contributed by atoms with Crippen LogP contribution in [-0.2, 0) is 7.05 Å². The van der Waals surface area contributed by atoms with Gasteiger partial charge in [-0.25, -0.2) is 0 Å². The molecule has 1 heterocycles. The lowest BCUT2D eigenvalue weighted by molar-refractivity contribution is 0.104. The van der Waals surface area contributed by atoms with Gasteiger partial charge in [-0.15, -0.1) is 0 Å². The first kappa shape index (κ1) is 14.0. The molecule has 4 heteroatoms. The molecule has 5 rings (SSSR count). The van der Waals surface area contributed by atoms with Gasteiger partial charge in [-0.05, 0) is 24.3 Å². The van der Waals surface area contributed by atoms with Crippen molar-refractivity contribution >= 4 is 28.1 Å². The van der Waals surface area contributed by atoms with Crippen LogP contribution in [0.5, 0.6) is 0 Å². The van der Waals surface area contributed by atoms with Crippen molar-refractivity contribution in [3.05, 3.63) is 77.9 Å². The Balaban J connectivity index is 1.82. The van der Waals surface area contributed by atoms with E-state index in [9.17, 15) is 4.79 Å². The summed E-state index contributed by atoms with van der Waals surface area (Å²) in [6.45, 7) is 0. The molecule has 0 fully saturated rings. The molecule has 4 aromatic rings. The minimum atomic E-state index is 0.0418. The Morgan fingerprint density at radius 1 is 0.880 bits per heavy atom. The lowest BCUT2D eigenvalue weighted by atomic mass is 9.86. The van der Waals surface area contributed by atoms with Crippen LogP contribution in [0.2, 0.25) is 0 Å². The normalized spacial score (nSPS) is 12.3. The minimum Gasteiger partial charge on any atom is -0.355 e. The number of aryl methyl sites for hydroxylation is 1. The average Bonchev–Trinajstić information content (AvgIpc) is 2.98.